The van der Waals surface area contributed by atoms with Crippen molar-refractivity contribution in [1.29, 1.82) is 0 Å². The van der Waals surface area contributed by atoms with E-state index < -0.39 is 6.04 Å². The molecule has 5 nitrogen and oxygen atoms in total. The molecule has 0 aliphatic heterocycles. The van der Waals surface area contributed by atoms with E-state index in [-0.39, 0.29) is 12.0 Å². The highest BCUT2D eigenvalue weighted by Gasteiger charge is 2.29. The van der Waals surface area contributed by atoms with E-state index in [0.29, 0.717) is 12.6 Å². The van der Waals surface area contributed by atoms with Gasteiger partial charge >= 0.3 is 5.97 Å². The normalized spacial score (nSPS) is 17.9. The zero-order valence-electron chi connectivity index (χ0n) is 13.3. The molecule has 1 N–H and O–H groups in total. The van der Waals surface area contributed by atoms with Crippen LogP contribution < -0.4 is 5.32 Å². The smallest absolute Gasteiger partial charge is 0.329 e. The van der Waals surface area contributed by atoms with Crippen LogP contribution in [0.4, 0.5) is 0 Å². The number of carbonyl (C=O) groups excluding carboxylic acids is 1. The van der Waals surface area contributed by atoms with Gasteiger partial charge < -0.3 is 9.30 Å². The molecule has 0 amide bonds. The lowest BCUT2D eigenvalue weighted by molar-refractivity contribution is -0.146. The number of aromatic nitrogens is 2. The lowest BCUT2D eigenvalue weighted by atomic mass is 9.94. The fourth-order valence-electron chi connectivity index (χ4n) is 2.97. The minimum atomic E-state index is -0.419. The molecule has 118 valence electrons. The minimum absolute atomic E-state index is 0.203. The Morgan fingerprint density at radius 1 is 1.43 bits per heavy atom. The number of ether oxygens (including phenoxy) is 1. The fourth-order valence-corrected chi connectivity index (χ4v) is 2.97. The Labute approximate surface area is 127 Å². The molecule has 1 aromatic rings. The molecular weight excluding hydrogens is 266 g/mol. The Kier molecular flexibility index (Phi) is 5.79. The summed E-state index contributed by atoms with van der Waals surface area (Å²) in [4.78, 5) is 16.6. The molecule has 1 saturated carbocycles. The second-order valence-electron chi connectivity index (χ2n) is 6.01. The van der Waals surface area contributed by atoms with Crippen LogP contribution in [-0.2, 0) is 9.53 Å². The van der Waals surface area contributed by atoms with Crippen LogP contribution in [0.25, 0.3) is 0 Å². The average Bonchev–Trinajstić information content (AvgIpc) is 2.95. The lowest BCUT2D eigenvalue weighted by Crippen LogP contribution is -2.40. The predicted molar refractivity (Wildman–Crippen MR) is 82.0 cm³/mol. The summed E-state index contributed by atoms with van der Waals surface area (Å²) >= 11 is 0. The van der Waals surface area contributed by atoms with E-state index in [1.807, 2.05) is 11.5 Å². The van der Waals surface area contributed by atoms with Crippen LogP contribution in [0.2, 0.25) is 0 Å². The molecule has 5 heteroatoms. The standard InChI is InChI=1S/C16H27N3O2/c1-4-21-16(20)15(18-13-8-6-5-7-9-13)14-10-17-11-19(14)12(2)3/h10-13,15,18H,4-9H2,1-3H3. The Hall–Kier alpha value is -1.36. The number of carbonyl (C=O) groups is 1. The van der Waals surface area contributed by atoms with Crippen molar-refractivity contribution in [3.63, 3.8) is 0 Å². The summed E-state index contributed by atoms with van der Waals surface area (Å²) < 4.78 is 7.30. The molecule has 1 atom stereocenters. The van der Waals surface area contributed by atoms with E-state index >= 15 is 0 Å². The quantitative estimate of drug-likeness (QED) is 0.819. The van der Waals surface area contributed by atoms with Crippen LogP contribution in [0.1, 0.15) is 70.7 Å². The second-order valence-corrected chi connectivity index (χ2v) is 6.01. The van der Waals surface area contributed by atoms with Gasteiger partial charge in [0.15, 0.2) is 0 Å². The maximum absolute atomic E-state index is 12.4. The summed E-state index contributed by atoms with van der Waals surface area (Å²) in [5.74, 6) is -0.203. The molecule has 1 aliphatic carbocycles. The summed E-state index contributed by atoms with van der Waals surface area (Å²) in [5, 5.41) is 3.50. The monoisotopic (exact) mass is 293 g/mol. The van der Waals surface area contributed by atoms with Crippen molar-refractivity contribution in [3.05, 3.63) is 18.2 Å². The first-order chi connectivity index (χ1) is 10.1. The van der Waals surface area contributed by atoms with Gasteiger partial charge in [-0.15, -0.1) is 0 Å². The molecule has 1 fully saturated rings. The van der Waals surface area contributed by atoms with E-state index in [9.17, 15) is 4.79 Å². The Morgan fingerprint density at radius 2 is 2.14 bits per heavy atom. The first kappa shape index (κ1) is 16.0. The fraction of sp³-hybridized carbons (Fsp3) is 0.750. The maximum Gasteiger partial charge on any atom is 0.329 e. The Balaban J connectivity index is 2.18. The molecule has 0 bridgehead atoms. The minimum Gasteiger partial charge on any atom is -0.465 e. The topological polar surface area (TPSA) is 56.1 Å². The number of imidazole rings is 1. The van der Waals surface area contributed by atoms with E-state index in [1.165, 1.54) is 19.3 Å². The van der Waals surface area contributed by atoms with Gasteiger partial charge in [0.1, 0.15) is 6.04 Å². The van der Waals surface area contributed by atoms with Crippen LogP contribution in [0.5, 0.6) is 0 Å². The third kappa shape index (κ3) is 4.06. The highest BCUT2D eigenvalue weighted by atomic mass is 16.5. The summed E-state index contributed by atoms with van der Waals surface area (Å²) in [6.07, 6.45) is 9.59. The highest BCUT2D eigenvalue weighted by molar-refractivity contribution is 5.77. The van der Waals surface area contributed by atoms with Crippen molar-refractivity contribution < 1.29 is 9.53 Å². The molecule has 1 aromatic heterocycles. The van der Waals surface area contributed by atoms with Gasteiger partial charge in [-0.1, -0.05) is 19.3 Å². The molecule has 0 radical (unpaired) electrons. The average molecular weight is 293 g/mol. The number of nitrogens with one attached hydrogen (secondary N) is 1. The molecule has 0 aromatic carbocycles. The Bertz CT molecular complexity index is 450. The molecular formula is C16H27N3O2. The zero-order chi connectivity index (χ0) is 15.2. The van der Waals surface area contributed by atoms with E-state index in [4.69, 9.17) is 4.74 Å². The van der Waals surface area contributed by atoms with Crippen LogP contribution in [0.3, 0.4) is 0 Å². The molecule has 2 rings (SSSR count). The highest BCUT2D eigenvalue weighted by Crippen LogP contribution is 2.24. The summed E-state index contributed by atoms with van der Waals surface area (Å²) in [6.45, 7) is 6.43. The van der Waals surface area contributed by atoms with Crippen LogP contribution in [-0.4, -0.2) is 28.2 Å². The molecule has 1 aliphatic rings. The largest absolute Gasteiger partial charge is 0.465 e. The van der Waals surface area contributed by atoms with Gasteiger partial charge in [-0.25, -0.2) is 9.78 Å². The van der Waals surface area contributed by atoms with Crippen molar-refractivity contribution in [3.8, 4) is 0 Å². The number of nitrogens with zero attached hydrogens (tertiary/aromatic N) is 2. The SMILES string of the molecule is CCOC(=O)C(NC1CCCCC1)c1cncn1C(C)C. The van der Waals surface area contributed by atoms with Crippen LogP contribution in [0.15, 0.2) is 12.5 Å². The second kappa shape index (κ2) is 7.59. The van der Waals surface area contributed by atoms with Gasteiger partial charge in [0, 0.05) is 12.1 Å². The number of hydrogen-bond acceptors (Lipinski definition) is 4. The molecule has 1 heterocycles. The van der Waals surface area contributed by atoms with Gasteiger partial charge in [-0.2, -0.15) is 0 Å². The predicted octanol–water partition coefficient (Wildman–Crippen LogP) is 2.99. The summed E-state index contributed by atoms with van der Waals surface area (Å²) in [7, 11) is 0. The lowest BCUT2D eigenvalue weighted by Gasteiger charge is -2.28. The number of hydrogen-bond donors (Lipinski definition) is 1. The van der Waals surface area contributed by atoms with Crippen molar-refractivity contribution in [1.82, 2.24) is 14.9 Å². The molecule has 0 saturated heterocycles. The number of esters is 1. The van der Waals surface area contributed by atoms with E-state index in [2.05, 4.69) is 24.1 Å². The summed E-state index contributed by atoms with van der Waals surface area (Å²) in [6, 6.07) is 0.245. The van der Waals surface area contributed by atoms with Crippen LogP contribution >= 0.6 is 0 Å². The zero-order valence-corrected chi connectivity index (χ0v) is 13.3. The van der Waals surface area contributed by atoms with Crippen molar-refractivity contribution in [2.45, 2.75) is 71.0 Å². The van der Waals surface area contributed by atoms with E-state index in [1.54, 1.807) is 12.5 Å². The van der Waals surface area contributed by atoms with Gasteiger partial charge in [0.05, 0.1) is 24.8 Å². The molecule has 21 heavy (non-hydrogen) atoms. The van der Waals surface area contributed by atoms with Gasteiger partial charge in [-0.3, -0.25) is 5.32 Å². The third-order valence-electron chi connectivity index (χ3n) is 4.08. The third-order valence-corrected chi connectivity index (χ3v) is 4.08. The van der Waals surface area contributed by atoms with Crippen molar-refractivity contribution >= 4 is 5.97 Å². The maximum atomic E-state index is 12.4. The van der Waals surface area contributed by atoms with Crippen molar-refractivity contribution in [2.75, 3.05) is 6.61 Å². The molecule has 1 unspecified atom stereocenters. The van der Waals surface area contributed by atoms with Gasteiger partial charge in [0.2, 0.25) is 0 Å². The first-order valence-corrected chi connectivity index (χ1v) is 8.08. The first-order valence-electron chi connectivity index (χ1n) is 8.08. The number of rotatable bonds is 6. The van der Waals surface area contributed by atoms with Gasteiger partial charge in [0.25, 0.3) is 0 Å². The van der Waals surface area contributed by atoms with Crippen molar-refractivity contribution in [2.24, 2.45) is 0 Å². The van der Waals surface area contributed by atoms with E-state index in [0.717, 1.165) is 18.5 Å². The van der Waals surface area contributed by atoms with Gasteiger partial charge in [-0.05, 0) is 33.6 Å². The molecule has 0 spiro atoms. The summed E-state index contributed by atoms with van der Waals surface area (Å²) in [5.41, 5.74) is 0.897. The Morgan fingerprint density at radius 3 is 2.76 bits per heavy atom. The van der Waals surface area contributed by atoms with Crippen LogP contribution in [0, 0.1) is 0 Å².